The van der Waals surface area contributed by atoms with Crippen molar-refractivity contribution in [3.63, 3.8) is 0 Å². The molecule has 0 spiro atoms. The van der Waals surface area contributed by atoms with E-state index in [2.05, 4.69) is 14.9 Å². The van der Waals surface area contributed by atoms with E-state index >= 15 is 0 Å². The lowest BCUT2D eigenvalue weighted by Crippen LogP contribution is -2.07. The molecule has 0 amide bonds. The van der Waals surface area contributed by atoms with Crippen LogP contribution in [0.1, 0.15) is 32.4 Å². The summed E-state index contributed by atoms with van der Waals surface area (Å²) in [6.45, 7) is 6.65. The summed E-state index contributed by atoms with van der Waals surface area (Å²) in [5.41, 5.74) is 3.77. The quantitative estimate of drug-likeness (QED) is 0.637. The fourth-order valence-electron chi connectivity index (χ4n) is 2.04. The second-order valence-corrected chi connectivity index (χ2v) is 5.62. The molecular formula is C13H15ClN2OS. The zero-order valence-corrected chi connectivity index (χ0v) is 12.2. The first-order chi connectivity index (χ1) is 8.52. The second kappa shape index (κ2) is 5.24. The van der Waals surface area contributed by atoms with Crippen molar-refractivity contribution >= 4 is 28.7 Å². The molecule has 0 saturated carbocycles. The van der Waals surface area contributed by atoms with Crippen molar-refractivity contribution in [2.24, 2.45) is 0 Å². The highest BCUT2D eigenvalue weighted by atomic mass is 35.5. The maximum Gasteiger partial charge on any atom is 0.179 e. The van der Waals surface area contributed by atoms with Crippen LogP contribution in [0.5, 0.6) is 0 Å². The van der Waals surface area contributed by atoms with Crippen LogP contribution in [0.25, 0.3) is 0 Å². The van der Waals surface area contributed by atoms with Crippen LogP contribution in [0.15, 0.2) is 11.4 Å². The third kappa shape index (κ3) is 2.49. The van der Waals surface area contributed by atoms with Gasteiger partial charge in [-0.1, -0.05) is 0 Å². The van der Waals surface area contributed by atoms with Crippen LogP contribution in [0, 0.1) is 20.8 Å². The number of nitrogens with zero attached hydrogens (tertiary/aromatic N) is 2. The standard InChI is InChI=1S/C13H15ClN2OS/c1-8-4-12(13(17)5-14)9(2)16(8)6-11-7-18-10(3)15-11/h4,7H,5-6H2,1-3H3. The maximum atomic E-state index is 11.7. The van der Waals surface area contributed by atoms with Crippen molar-refractivity contribution < 1.29 is 4.79 Å². The predicted octanol–water partition coefficient (Wildman–Crippen LogP) is 3.34. The molecule has 2 aromatic heterocycles. The van der Waals surface area contributed by atoms with Gasteiger partial charge in [0.05, 0.1) is 23.1 Å². The number of carbonyl (C=O) groups is 1. The summed E-state index contributed by atoms with van der Waals surface area (Å²) in [6, 6.07) is 1.90. The molecular weight excluding hydrogens is 268 g/mol. The Hall–Kier alpha value is -1.13. The number of alkyl halides is 1. The van der Waals surface area contributed by atoms with Gasteiger partial charge >= 0.3 is 0 Å². The summed E-state index contributed by atoms with van der Waals surface area (Å²) >= 11 is 7.25. The molecule has 0 fully saturated rings. The van der Waals surface area contributed by atoms with Gasteiger partial charge < -0.3 is 4.57 Å². The molecule has 96 valence electrons. The van der Waals surface area contributed by atoms with Gasteiger partial charge in [-0.25, -0.2) is 4.98 Å². The van der Waals surface area contributed by atoms with Crippen LogP contribution >= 0.6 is 22.9 Å². The van der Waals surface area contributed by atoms with Crippen molar-refractivity contribution in [3.8, 4) is 0 Å². The molecule has 2 rings (SSSR count). The van der Waals surface area contributed by atoms with Crippen LogP contribution in [0.2, 0.25) is 0 Å². The van der Waals surface area contributed by atoms with Gasteiger partial charge in [0.15, 0.2) is 5.78 Å². The topological polar surface area (TPSA) is 34.9 Å². The summed E-state index contributed by atoms with van der Waals surface area (Å²) < 4.78 is 2.11. The largest absolute Gasteiger partial charge is 0.342 e. The molecule has 0 aliphatic rings. The zero-order valence-electron chi connectivity index (χ0n) is 10.7. The number of ketones is 1. The molecule has 0 atom stereocenters. The summed E-state index contributed by atoms with van der Waals surface area (Å²) in [7, 11) is 0. The SMILES string of the molecule is Cc1nc(Cn2c(C)cc(C(=O)CCl)c2C)cs1. The minimum Gasteiger partial charge on any atom is -0.342 e. The number of aryl methyl sites for hydroxylation is 2. The van der Waals surface area contributed by atoms with Crippen LogP contribution in [-0.4, -0.2) is 21.2 Å². The Labute approximate surface area is 115 Å². The molecule has 0 saturated heterocycles. The van der Waals surface area contributed by atoms with Crippen molar-refractivity contribution in [1.29, 1.82) is 0 Å². The highest BCUT2D eigenvalue weighted by Gasteiger charge is 2.15. The molecule has 0 unspecified atom stereocenters. The fraction of sp³-hybridized carbons (Fsp3) is 0.385. The lowest BCUT2D eigenvalue weighted by atomic mass is 10.2. The fourth-order valence-corrected chi connectivity index (χ4v) is 2.79. The molecule has 2 aromatic rings. The Balaban J connectivity index is 2.34. The molecule has 2 heterocycles. The predicted molar refractivity (Wildman–Crippen MR) is 74.9 cm³/mol. The van der Waals surface area contributed by atoms with Gasteiger partial charge in [0.25, 0.3) is 0 Å². The second-order valence-electron chi connectivity index (χ2n) is 4.29. The number of hydrogen-bond acceptors (Lipinski definition) is 3. The average Bonchev–Trinajstić information content (AvgIpc) is 2.87. The van der Waals surface area contributed by atoms with E-state index < -0.39 is 0 Å². The molecule has 0 bridgehead atoms. The molecule has 3 nitrogen and oxygen atoms in total. The van der Waals surface area contributed by atoms with E-state index in [4.69, 9.17) is 11.6 Å². The number of Topliss-reactive ketones (excluding diaryl/α,β-unsaturated/α-hetero) is 1. The van der Waals surface area contributed by atoms with E-state index in [9.17, 15) is 4.79 Å². The Kier molecular flexibility index (Phi) is 3.88. The van der Waals surface area contributed by atoms with Gasteiger partial charge in [0, 0.05) is 22.3 Å². The van der Waals surface area contributed by atoms with E-state index in [-0.39, 0.29) is 11.7 Å². The highest BCUT2D eigenvalue weighted by Crippen LogP contribution is 2.19. The third-order valence-electron chi connectivity index (χ3n) is 2.98. The number of carbonyl (C=O) groups excluding carboxylic acids is 1. The molecule has 0 aromatic carbocycles. The Morgan fingerprint density at radius 3 is 2.72 bits per heavy atom. The van der Waals surface area contributed by atoms with Crippen molar-refractivity contribution in [3.05, 3.63) is 39.1 Å². The van der Waals surface area contributed by atoms with Crippen LogP contribution < -0.4 is 0 Å². The average molecular weight is 283 g/mol. The van der Waals surface area contributed by atoms with Crippen LogP contribution in [0.4, 0.5) is 0 Å². The van der Waals surface area contributed by atoms with Gasteiger partial charge in [-0.3, -0.25) is 4.79 Å². The van der Waals surface area contributed by atoms with Crippen molar-refractivity contribution in [2.45, 2.75) is 27.3 Å². The molecule has 0 radical (unpaired) electrons. The first-order valence-corrected chi connectivity index (χ1v) is 7.11. The first-order valence-electron chi connectivity index (χ1n) is 5.69. The van der Waals surface area contributed by atoms with Gasteiger partial charge in [-0.2, -0.15) is 0 Å². The first kappa shape index (κ1) is 13.3. The van der Waals surface area contributed by atoms with Crippen LogP contribution in [-0.2, 0) is 6.54 Å². The van der Waals surface area contributed by atoms with Gasteiger partial charge in [-0.05, 0) is 26.8 Å². The molecule has 0 N–H and O–H groups in total. The maximum absolute atomic E-state index is 11.7. The van der Waals surface area contributed by atoms with Crippen LogP contribution in [0.3, 0.4) is 0 Å². The van der Waals surface area contributed by atoms with Gasteiger partial charge in [0.1, 0.15) is 0 Å². The lowest BCUT2D eigenvalue weighted by Gasteiger charge is -2.07. The normalized spacial score (nSPS) is 10.9. The van der Waals surface area contributed by atoms with E-state index in [0.29, 0.717) is 6.54 Å². The molecule has 0 aliphatic carbocycles. The van der Waals surface area contributed by atoms with Gasteiger partial charge in [-0.15, -0.1) is 22.9 Å². The summed E-state index contributed by atoms with van der Waals surface area (Å²) in [5, 5.41) is 3.11. The summed E-state index contributed by atoms with van der Waals surface area (Å²) in [6.07, 6.45) is 0. The van der Waals surface area contributed by atoms with E-state index in [0.717, 1.165) is 27.7 Å². The minimum absolute atomic E-state index is 0.0227. The summed E-state index contributed by atoms with van der Waals surface area (Å²) in [4.78, 5) is 16.1. The molecule has 5 heteroatoms. The Bertz CT molecular complexity index is 586. The lowest BCUT2D eigenvalue weighted by molar-refractivity contribution is 0.102. The molecule has 0 aliphatic heterocycles. The van der Waals surface area contributed by atoms with Gasteiger partial charge in [0.2, 0.25) is 0 Å². The number of rotatable bonds is 4. The van der Waals surface area contributed by atoms with Crippen molar-refractivity contribution in [2.75, 3.05) is 5.88 Å². The monoisotopic (exact) mass is 282 g/mol. The summed E-state index contributed by atoms with van der Waals surface area (Å²) in [5.74, 6) is 0.00517. The number of thiazole rings is 1. The third-order valence-corrected chi connectivity index (χ3v) is 4.05. The minimum atomic E-state index is -0.0227. The van der Waals surface area contributed by atoms with E-state index in [1.165, 1.54) is 0 Å². The zero-order chi connectivity index (χ0) is 13.3. The molecule has 18 heavy (non-hydrogen) atoms. The Morgan fingerprint density at radius 2 is 2.17 bits per heavy atom. The number of halogens is 1. The Morgan fingerprint density at radius 1 is 1.44 bits per heavy atom. The number of aromatic nitrogens is 2. The highest BCUT2D eigenvalue weighted by molar-refractivity contribution is 7.09. The number of hydrogen-bond donors (Lipinski definition) is 0. The van der Waals surface area contributed by atoms with E-state index in [1.54, 1.807) is 11.3 Å². The van der Waals surface area contributed by atoms with E-state index in [1.807, 2.05) is 26.8 Å². The van der Waals surface area contributed by atoms with Crippen molar-refractivity contribution in [1.82, 2.24) is 9.55 Å². The smallest absolute Gasteiger partial charge is 0.179 e.